The summed E-state index contributed by atoms with van der Waals surface area (Å²) in [5.41, 5.74) is -1.67. The van der Waals surface area contributed by atoms with E-state index in [2.05, 4.69) is 0 Å². The Kier molecular flexibility index (Phi) is 6.51. The van der Waals surface area contributed by atoms with Gasteiger partial charge < -0.3 is 20.4 Å². The first-order valence-electron chi connectivity index (χ1n) is 3.92. The van der Waals surface area contributed by atoms with E-state index in [1.54, 1.807) is 0 Å². The molecule has 0 radical (unpaired) electrons. The third-order valence-corrected chi connectivity index (χ3v) is 1.37. The third kappa shape index (κ3) is 7.30. The van der Waals surface area contributed by atoms with E-state index in [-0.39, 0.29) is 0 Å². The highest BCUT2D eigenvalue weighted by atomic mass is 16.4. The van der Waals surface area contributed by atoms with Crippen LogP contribution in [0, 0.1) is 5.41 Å². The van der Waals surface area contributed by atoms with E-state index in [0.717, 1.165) is 13.8 Å². The average molecular weight is 236 g/mol. The van der Waals surface area contributed by atoms with E-state index in [1.807, 2.05) is 0 Å². The van der Waals surface area contributed by atoms with Gasteiger partial charge in [0.1, 0.15) is 6.42 Å². The monoisotopic (exact) mass is 236 g/mol. The highest BCUT2D eigenvalue weighted by molar-refractivity contribution is 5.97. The first-order chi connectivity index (χ1) is 7.01. The molecule has 4 N–H and O–H groups in total. The molecule has 0 aliphatic rings. The van der Waals surface area contributed by atoms with E-state index in [0.29, 0.717) is 0 Å². The average Bonchev–Trinajstić information content (AvgIpc) is 2.01. The van der Waals surface area contributed by atoms with Crippen molar-refractivity contribution in [1.82, 2.24) is 0 Å². The van der Waals surface area contributed by atoms with Crippen molar-refractivity contribution in [3.8, 4) is 0 Å². The molecule has 16 heavy (non-hydrogen) atoms. The summed E-state index contributed by atoms with van der Waals surface area (Å²) < 4.78 is 0. The molecule has 0 aromatic rings. The fraction of sp³-hybridized carbons (Fsp3) is 0.500. The molecule has 0 fully saturated rings. The summed E-state index contributed by atoms with van der Waals surface area (Å²) in [6.07, 6.45) is -0.806. The Morgan fingerprint density at radius 1 is 0.812 bits per heavy atom. The molecule has 0 aromatic heterocycles. The lowest BCUT2D eigenvalue weighted by Gasteiger charge is -2.10. The van der Waals surface area contributed by atoms with Crippen LogP contribution in [0.25, 0.3) is 0 Å². The smallest absolute Gasteiger partial charge is 0.320 e. The highest BCUT2D eigenvalue weighted by Gasteiger charge is 2.35. The molecule has 0 unspecified atom stereocenters. The second-order valence-corrected chi connectivity index (χ2v) is 3.20. The summed E-state index contributed by atoms with van der Waals surface area (Å²) in [6, 6.07) is 0. The predicted molar refractivity (Wildman–Crippen MR) is 48.9 cm³/mol. The Labute approximate surface area is 90.1 Å². The van der Waals surface area contributed by atoms with Crippen molar-refractivity contribution < 1.29 is 39.6 Å². The number of aliphatic carboxylic acids is 4. The Morgan fingerprint density at radius 2 is 1.06 bits per heavy atom. The standard InChI is InChI=1S/C5H8O4.C3H4O4/c1-5(2,3(6)7)4(8)9;4-2(5)1-3(6)7/h1-2H3,(H,6,7)(H,8,9);1H2,(H,4,5)(H,6,7). The maximum absolute atomic E-state index is 10.1. The van der Waals surface area contributed by atoms with Gasteiger partial charge in [0.05, 0.1) is 0 Å². The molecule has 0 atom stereocenters. The predicted octanol–water partition coefficient (Wildman–Crippen LogP) is -0.273. The molecule has 0 spiro atoms. The van der Waals surface area contributed by atoms with Gasteiger partial charge in [0, 0.05) is 0 Å². The summed E-state index contributed by atoms with van der Waals surface area (Å²) in [4.78, 5) is 39.0. The molecule has 0 saturated heterocycles. The maximum atomic E-state index is 10.1. The molecule has 8 nitrogen and oxygen atoms in total. The second-order valence-electron chi connectivity index (χ2n) is 3.20. The molecule has 0 amide bonds. The molecule has 0 rings (SSSR count). The maximum Gasteiger partial charge on any atom is 0.320 e. The normalized spacial score (nSPS) is 9.62. The number of hydrogen-bond acceptors (Lipinski definition) is 4. The van der Waals surface area contributed by atoms with Crippen LogP contribution < -0.4 is 0 Å². The number of carboxylic acids is 4. The number of rotatable bonds is 4. The molecular weight excluding hydrogens is 224 g/mol. The highest BCUT2D eigenvalue weighted by Crippen LogP contribution is 2.14. The molecule has 0 aliphatic carbocycles. The van der Waals surface area contributed by atoms with Crippen LogP contribution in [0.1, 0.15) is 20.3 Å². The van der Waals surface area contributed by atoms with Crippen LogP contribution in [-0.4, -0.2) is 44.3 Å². The van der Waals surface area contributed by atoms with Gasteiger partial charge in [-0.3, -0.25) is 19.2 Å². The van der Waals surface area contributed by atoms with Gasteiger partial charge in [-0.05, 0) is 13.8 Å². The Bertz CT molecular complexity index is 275. The molecule has 8 heteroatoms. The fourth-order valence-corrected chi connectivity index (χ4v) is 0.221. The number of hydrogen-bond donors (Lipinski definition) is 4. The molecule has 0 bridgehead atoms. The van der Waals surface area contributed by atoms with E-state index < -0.39 is 35.7 Å². The van der Waals surface area contributed by atoms with Crippen molar-refractivity contribution in [2.45, 2.75) is 20.3 Å². The minimum Gasteiger partial charge on any atom is -0.481 e. The van der Waals surface area contributed by atoms with Gasteiger partial charge in [0.25, 0.3) is 0 Å². The Morgan fingerprint density at radius 3 is 1.06 bits per heavy atom. The molecule has 0 aromatic carbocycles. The van der Waals surface area contributed by atoms with E-state index >= 15 is 0 Å². The van der Waals surface area contributed by atoms with Gasteiger partial charge in [-0.25, -0.2) is 0 Å². The van der Waals surface area contributed by atoms with Crippen molar-refractivity contribution in [3.05, 3.63) is 0 Å². The van der Waals surface area contributed by atoms with Crippen LogP contribution in [0.2, 0.25) is 0 Å². The summed E-state index contributed by atoms with van der Waals surface area (Å²) in [5.74, 6) is -5.27. The summed E-state index contributed by atoms with van der Waals surface area (Å²) in [7, 11) is 0. The molecular formula is C8H12O8. The number of carboxylic acid groups (broad SMARTS) is 4. The van der Waals surface area contributed by atoms with Crippen LogP contribution >= 0.6 is 0 Å². The van der Waals surface area contributed by atoms with Crippen LogP contribution in [0.5, 0.6) is 0 Å². The van der Waals surface area contributed by atoms with Gasteiger partial charge in [0.2, 0.25) is 0 Å². The van der Waals surface area contributed by atoms with Crippen LogP contribution in [0.3, 0.4) is 0 Å². The van der Waals surface area contributed by atoms with Crippen molar-refractivity contribution >= 4 is 23.9 Å². The van der Waals surface area contributed by atoms with Crippen molar-refractivity contribution in [2.75, 3.05) is 0 Å². The largest absolute Gasteiger partial charge is 0.481 e. The summed E-state index contributed by atoms with van der Waals surface area (Å²) >= 11 is 0. The molecule has 0 heterocycles. The SMILES string of the molecule is CC(C)(C(=O)O)C(=O)O.O=C(O)CC(=O)O. The lowest BCUT2D eigenvalue weighted by molar-refractivity contribution is -0.162. The lowest BCUT2D eigenvalue weighted by atomic mass is 9.95. The summed E-state index contributed by atoms with van der Waals surface area (Å²) in [5, 5.41) is 31.9. The van der Waals surface area contributed by atoms with Crippen LogP contribution in [-0.2, 0) is 19.2 Å². The van der Waals surface area contributed by atoms with Gasteiger partial charge >= 0.3 is 23.9 Å². The number of carbonyl (C=O) groups is 4. The Balaban J connectivity index is 0. The third-order valence-electron chi connectivity index (χ3n) is 1.37. The zero-order valence-electron chi connectivity index (χ0n) is 8.63. The van der Waals surface area contributed by atoms with Crippen molar-refractivity contribution in [1.29, 1.82) is 0 Å². The zero-order valence-corrected chi connectivity index (χ0v) is 8.63. The van der Waals surface area contributed by atoms with Gasteiger partial charge in [-0.15, -0.1) is 0 Å². The quantitative estimate of drug-likeness (QED) is 0.487. The fourth-order valence-electron chi connectivity index (χ4n) is 0.221. The van der Waals surface area contributed by atoms with E-state index in [9.17, 15) is 19.2 Å². The van der Waals surface area contributed by atoms with Crippen molar-refractivity contribution in [3.63, 3.8) is 0 Å². The first kappa shape index (κ1) is 16.3. The van der Waals surface area contributed by atoms with Crippen molar-refractivity contribution in [2.24, 2.45) is 5.41 Å². The Hall–Kier alpha value is -2.12. The van der Waals surface area contributed by atoms with E-state index in [1.165, 1.54) is 0 Å². The van der Waals surface area contributed by atoms with Crippen LogP contribution in [0.15, 0.2) is 0 Å². The van der Waals surface area contributed by atoms with Gasteiger partial charge in [0.15, 0.2) is 5.41 Å². The molecule has 0 saturated carbocycles. The zero-order chi connectivity index (χ0) is 13.5. The minimum absolute atomic E-state index is 0.806. The van der Waals surface area contributed by atoms with Gasteiger partial charge in [-0.1, -0.05) is 0 Å². The van der Waals surface area contributed by atoms with E-state index in [4.69, 9.17) is 20.4 Å². The molecule has 92 valence electrons. The lowest BCUT2D eigenvalue weighted by Crippen LogP contribution is -2.32. The van der Waals surface area contributed by atoms with Gasteiger partial charge in [-0.2, -0.15) is 0 Å². The topological polar surface area (TPSA) is 149 Å². The summed E-state index contributed by atoms with van der Waals surface area (Å²) in [6.45, 7) is 2.27. The second kappa shape index (κ2) is 6.38. The first-order valence-corrected chi connectivity index (χ1v) is 3.92. The van der Waals surface area contributed by atoms with Crippen LogP contribution in [0.4, 0.5) is 0 Å². The molecule has 0 aliphatic heterocycles. The minimum atomic E-state index is -1.67.